The number of piperazine rings is 1. The number of aromatic nitrogens is 4. The minimum Gasteiger partial charge on any atom is -0.444 e. The van der Waals surface area contributed by atoms with E-state index in [4.69, 9.17) is 4.74 Å². The van der Waals surface area contributed by atoms with Gasteiger partial charge in [-0.2, -0.15) is 5.10 Å². The maximum Gasteiger partial charge on any atom is 0.410 e. The van der Waals surface area contributed by atoms with Crippen molar-refractivity contribution >= 4 is 17.9 Å². The second kappa shape index (κ2) is 8.16. The van der Waals surface area contributed by atoms with Crippen LogP contribution in [0.5, 0.6) is 0 Å². The quantitative estimate of drug-likeness (QED) is 0.716. The van der Waals surface area contributed by atoms with E-state index in [9.17, 15) is 9.59 Å². The first-order valence-electron chi connectivity index (χ1n) is 10.6. The van der Waals surface area contributed by atoms with Crippen molar-refractivity contribution in [1.82, 2.24) is 29.5 Å². The number of carbonyl (C=O) groups excluding carboxylic acids is 2. The summed E-state index contributed by atoms with van der Waals surface area (Å²) >= 11 is 0. The molecular formula is C21H29N7O3. The molecule has 4 rings (SSSR count). The molecule has 166 valence electrons. The molecule has 0 unspecified atom stereocenters. The molecule has 0 bridgehead atoms. The third-order valence-electron chi connectivity index (χ3n) is 5.45. The van der Waals surface area contributed by atoms with E-state index in [-0.39, 0.29) is 12.0 Å². The Morgan fingerprint density at radius 3 is 2.32 bits per heavy atom. The van der Waals surface area contributed by atoms with E-state index >= 15 is 0 Å². The van der Waals surface area contributed by atoms with Crippen molar-refractivity contribution < 1.29 is 14.3 Å². The molecular weight excluding hydrogens is 398 g/mol. The van der Waals surface area contributed by atoms with Gasteiger partial charge in [-0.15, -0.1) is 0 Å². The van der Waals surface area contributed by atoms with Crippen molar-refractivity contribution in [2.45, 2.75) is 39.3 Å². The summed E-state index contributed by atoms with van der Waals surface area (Å²) in [5.74, 6) is 0.622. The largest absolute Gasteiger partial charge is 0.444 e. The molecule has 1 fully saturated rings. The maximum atomic E-state index is 13.4. The van der Waals surface area contributed by atoms with Gasteiger partial charge in [-0.05, 0) is 26.8 Å². The van der Waals surface area contributed by atoms with Crippen molar-refractivity contribution in [2.75, 3.05) is 37.6 Å². The van der Waals surface area contributed by atoms with Crippen molar-refractivity contribution in [3.05, 3.63) is 35.4 Å². The van der Waals surface area contributed by atoms with Crippen molar-refractivity contribution in [3.8, 4) is 0 Å². The highest BCUT2D eigenvalue weighted by Crippen LogP contribution is 2.25. The number of fused-ring (bicyclic) bond motifs is 1. The standard InChI is InChI=1S/C21H29N7O3/c1-21(2,3)31-20(30)28-9-6-16-15(14-28)17(25(4)24-16)18(29)26-10-12-27(13-11-26)19-22-7-5-8-23-19/h5,7-8H,6,9-14H2,1-4H3. The lowest BCUT2D eigenvalue weighted by Crippen LogP contribution is -2.50. The normalized spacial score (nSPS) is 16.8. The van der Waals surface area contributed by atoms with Gasteiger partial charge in [0.15, 0.2) is 0 Å². The molecule has 2 aromatic rings. The number of nitrogens with zero attached hydrogens (tertiary/aromatic N) is 7. The highest BCUT2D eigenvalue weighted by molar-refractivity contribution is 5.94. The van der Waals surface area contributed by atoms with Crippen LogP contribution in [0.25, 0.3) is 0 Å². The summed E-state index contributed by atoms with van der Waals surface area (Å²) in [7, 11) is 1.79. The smallest absolute Gasteiger partial charge is 0.410 e. The van der Waals surface area contributed by atoms with E-state index in [1.54, 1.807) is 35.1 Å². The molecule has 2 aliphatic heterocycles. The molecule has 0 N–H and O–H groups in total. The van der Waals surface area contributed by atoms with Gasteiger partial charge in [-0.1, -0.05) is 0 Å². The number of rotatable bonds is 2. The van der Waals surface area contributed by atoms with Gasteiger partial charge in [-0.3, -0.25) is 9.48 Å². The molecule has 0 radical (unpaired) electrons. The summed E-state index contributed by atoms with van der Waals surface area (Å²) in [5.41, 5.74) is 1.68. The summed E-state index contributed by atoms with van der Waals surface area (Å²) in [6.07, 6.45) is 3.68. The molecule has 1 saturated heterocycles. The van der Waals surface area contributed by atoms with Crippen LogP contribution >= 0.6 is 0 Å². The Kier molecular flexibility index (Phi) is 5.55. The van der Waals surface area contributed by atoms with E-state index in [0.29, 0.717) is 57.3 Å². The Bertz CT molecular complexity index is 959. The number of hydrogen-bond donors (Lipinski definition) is 0. The van der Waals surface area contributed by atoms with E-state index in [1.165, 1.54) is 0 Å². The molecule has 0 aromatic carbocycles. The van der Waals surface area contributed by atoms with Crippen molar-refractivity contribution in [3.63, 3.8) is 0 Å². The van der Waals surface area contributed by atoms with E-state index in [0.717, 1.165) is 11.3 Å². The Morgan fingerprint density at radius 2 is 1.68 bits per heavy atom. The molecule has 2 aliphatic rings. The van der Waals surface area contributed by atoms with E-state index in [1.807, 2.05) is 25.7 Å². The van der Waals surface area contributed by atoms with Gasteiger partial charge < -0.3 is 19.4 Å². The molecule has 10 nitrogen and oxygen atoms in total. The van der Waals surface area contributed by atoms with Crippen LogP contribution in [0.15, 0.2) is 18.5 Å². The SMILES string of the molecule is Cn1nc2c(c1C(=O)N1CCN(c3ncccn3)CC1)CN(C(=O)OC(C)(C)C)CC2. The van der Waals surface area contributed by atoms with Crippen molar-refractivity contribution in [2.24, 2.45) is 7.05 Å². The van der Waals surface area contributed by atoms with Gasteiger partial charge in [0.1, 0.15) is 11.3 Å². The number of anilines is 1. The van der Waals surface area contributed by atoms with Gasteiger partial charge in [0, 0.05) is 64.1 Å². The Morgan fingerprint density at radius 1 is 1.00 bits per heavy atom. The summed E-state index contributed by atoms with van der Waals surface area (Å²) in [5, 5.41) is 4.56. The number of amides is 2. The first kappa shape index (κ1) is 21.1. The van der Waals surface area contributed by atoms with E-state index in [2.05, 4.69) is 20.0 Å². The van der Waals surface area contributed by atoms with Gasteiger partial charge >= 0.3 is 6.09 Å². The lowest BCUT2D eigenvalue weighted by Gasteiger charge is -2.35. The molecule has 0 aliphatic carbocycles. The molecule has 4 heterocycles. The average molecular weight is 428 g/mol. The zero-order valence-corrected chi connectivity index (χ0v) is 18.5. The fourth-order valence-corrected chi connectivity index (χ4v) is 3.96. The molecule has 0 saturated carbocycles. The predicted octanol–water partition coefficient (Wildman–Crippen LogP) is 1.47. The Labute approximate surface area is 181 Å². The van der Waals surface area contributed by atoms with Crippen LogP contribution < -0.4 is 4.90 Å². The Hall–Kier alpha value is -3.17. The Balaban J connectivity index is 1.47. The molecule has 31 heavy (non-hydrogen) atoms. The fraction of sp³-hybridized carbons (Fsp3) is 0.571. The monoisotopic (exact) mass is 427 g/mol. The summed E-state index contributed by atoms with van der Waals surface area (Å²) in [4.78, 5) is 40.1. The molecule has 2 aromatic heterocycles. The first-order chi connectivity index (χ1) is 14.7. The predicted molar refractivity (Wildman–Crippen MR) is 114 cm³/mol. The molecule has 0 atom stereocenters. The second-order valence-corrected chi connectivity index (χ2v) is 8.88. The third-order valence-corrected chi connectivity index (χ3v) is 5.45. The second-order valence-electron chi connectivity index (χ2n) is 8.88. The summed E-state index contributed by atoms with van der Waals surface area (Å²) in [6.45, 7) is 8.89. The maximum absolute atomic E-state index is 13.4. The zero-order chi connectivity index (χ0) is 22.2. The van der Waals surface area contributed by atoms with Crippen LogP contribution in [0.1, 0.15) is 42.5 Å². The summed E-state index contributed by atoms with van der Waals surface area (Å²) < 4.78 is 7.17. The number of carbonyl (C=O) groups is 2. The summed E-state index contributed by atoms with van der Waals surface area (Å²) in [6, 6.07) is 1.79. The zero-order valence-electron chi connectivity index (χ0n) is 18.5. The van der Waals surface area contributed by atoms with Gasteiger partial charge in [0.25, 0.3) is 5.91 Å². The minimum atomic E-state index is -0.562. The third kappa shape index (κ3) is 4.47. The highest BCUT2D eigenvalue weighted by Gasteiger charge is 2.34. The number of aryl methyl sites for hydroxylation is 1. The number of hydrogen-bond acceptors (Lipinski definition) is 7. The van der Waals surface area contributed by atoms with Crippen LogP contribution in [-0.4, -0.2) is 79.9 Å². The lowest BCUT2D eigenvalue weighted by atomic mass is 10.0. The van der Waals surface area contributed by atoms with Gasteiger partial charge in [0.05, 0.1) is 12.2 Å². The highest BCUT2D eigenvalue weighted by atomic mass is 16.6. The van der Waals surface area contributed by atoms with Gasteiger partial charge in [0.2, 0.25) is 5.95 Å². The minimum absolute atomic E-state index is 0.0593. The fourth-order valence-electron chi connectivity index (χ4n) is 3.96. The van der Waals surface area contributed by atoms with Crippen LogP contribution in [-0.2, 0) is 24.8 Å². The topological polar surface area (TPSA) is 96.7 Å². The van der Waals surface area contributed by atoms with E-state index < -0.39 is 5.60 Å². The van der Waals surface area contributed by atoms with Crippen LogP contribution in [0, 0.1) is 0 Å². The van der Waals surface area contributed by atoms with Crippen LogP contribution in [0.2, 0.25) is 0 Å². The van der Waals surface area contributed by atoms with Crippen molar-refractivity contribution in [1.29, 1.82) is 0 Å². The molecule has 2 amide bonds. The average Bonchev–Trinajstić information content (AvgIpc) is 3.07. The molecule has 0 spiro atoms. The number of ether oxygens (including phenoxy) is 1. The molecule has 10 heteroatoms. The van der Waals surface area contributed by atoms with Crippen LogP contribution in [0.3, 0.4) is 0 Å². The van der Waals surface area contributed by atoms with Crippen LogP contribution in [0.4, 0.5) is 10.7 Å². The van der Waals surface area contributed by atoms with Gasteiger partial charge in [-0.25, -0.2) is 14.8 Å². The lowest BCUT2D eigenvalue weighted by molar-refractivity contribution is 0.0222. The first-order valence-corrected chi connectivity index (χ1v) is 10.6.